The number of benzene rings is 2. The molecule has 0 radical (unpaired) electrons. The lowest BCUT2D eigenvalue weighted by Crippen LogP contribution is -3.10. The van der Waals surface area contributed by atoms with Gasteiger partial charge in [0.15, 0.2) is 5.89 Å². The standard InChI is InChI=1S/C28H33Cl2N2O3/c1-32(2)22(15-16-34-23-13-14-25(29)26(30)18-23)17-24-19-31-27(35-24)28(33,20-9-5-3-6-10-20)21-11-7-4-8-12-21/h3,5-6,9-10,13-14,18-19,21-22H,4,7-8,11-12,15-17H2,1-2H3/q-1/p+1/t22?,28-/m0/s1. The average Bonchev–Trinajstić information content (AvgIpc) is 3.35. The molecule has 7 heteroatoms. The predicted octanol–water partition coefficient (Wildman–Crippen LogP) is 4.69. The van der Waals surface area contributed by atoms with E-state index < -0.39 is 5.60 Å². The fourth-order valence-corrected chi connectivity index (χ4v) is 5.31. The molecule has 4 rings (SSSR count). The highest BCUT2D eigenvalue weighted by molar-refractivity contribution is 6.42. The first-order chi connectivity index (χ1) is 16.9. The molecule has 1 aliphatic carbocycles. The van der Waals surface area contributed by atoms with Gasteiger partial charge >= 0.3 is 0 Å². The van der Waals surface area contributed by atoms with Gasteiger partial charge in [-0.05, 0) is 29.2 Å². The Hall–Kier alpha value is -2.05. The van der Waals surface area contributed by atoms with Crippen molar-refractivity contribution < 1.29 is 19.2 Å². The third-order valence-corrected chi connectivity index (χ3v) is 7.88. The summed E-state index contributed by atoms with van der Waals surface area (Å²) in [4.78, 5) is 5.83. The van der Waals surface area contributed by atoms with Crippen LogP contribution in [-0.2, 0) is 12.0 Å². The first kappa shape index (κ1) is 26.0. The third-order valence-electron chi connectivity index (χ3n) is 7.14. The van der Waals surface area contributed by atoms with Gasteiger partial charge in [0.05, 0.1) is 49.4 Å². The molecule has 0 saturated heterocycles. The van der Waals surface area contributed by atoms with Crippen LogP contribution in [0.4, 0.5) is 0 Å². The van der Waals surface area contributed by atoms with Gasteiger partial charge < -0.3 is 19.2 Å². The first-order valence-electron chi connectivity index (χ1n) is 12.5. The van der Waals surface area contributed by atoms with Crippen molar-refractivity contribution in [2.24, 2.45) is 5.92 Å². The molecule has 2 aromatic carbocycles. The van der Waals surface area contributed by atoms with Gasteiger partial charge in [0.25, 0.3) is 0 Å². The maximum atomic E-state index is 14.5. The summed E-state index contributed by atoms with van der Waals surface area (Å²) in [6, 6.07) is 15.1. The largest absolute Gasteiger partial charge is 0.839 e. The molecule has 1 N–H and O–H groups in total. The molecular weight excluding hydrogens is 483 g/mol. The Kier molecular flexibility index (Phi) is 8.77. The Morgan fingerprint density at radius 1 is 1.09 bits per heavy atom. The molecule has 5 nitrogen and oxygen atoms in total. The van der Waals surface area contributed by atoms with E-state index in [2.05, 4.69) is 19.1 Å². The van der Waals surface area contributed by atoms with Crippen molar-refractivity contribution in [1.29, 1.82) is 0 Å². The van der Waals surface area contributed by atoms with E-state index in [1.165, 1.54) is 11.3 Å². The van der Waals surface area contributed by atoms with E-state index in [1.54, 1.807) is 18.3 Å². The Morgan fingerprint density at radius 3 is 2.51 bits per heavy atom. The van der Waals surface area contributed by atoms with Crippen LogP contribution in [0.2, 0.25) is 10.0 Å². The summed E-state index contributed by atoms with van der Waals surface area (Å²) < 4.78 is 12.1. The van der Waals surface area contributed by atoms with Crippen molar-refractivity contribution in [2.45, 2.75) is 56.6 Å². The lowest BCUT2D eigenvalue weighted by atomic mass is 9.73. The topological polar surface area (TPSA) is 62.8 Å². The summed E-state index contributed by atoms with van der Waals surface area (Å²) in [7, 11) is 4.23. The van der Waals surface area contributed by atoms with Crippen molar-refractivity contribution in [3.63, 3.8) is 0 Å². The van der Waals surface area contributed by atoms with Gasteiger partial charge in [-0.25, -0.2) is 4.98 Å². The quantitative estimate of drug-likeness (QED) is 0.424. The number of aromatic nitrogens is 1. The highest BCUT2D eigenvalue weighted by Gasteiger charge is 2.36. The molecule has 0 aliphatic heterocycles. The van der Waals surface area contributed by atoms with E-state index >= 15 is 0 Å². The van der Waals surface area contributed by atoms with Crippen molar-refractivity contribution in [3.8, 4) is 5.75 Å². The van der Waals surface area contributed by atoms with E-state index in [0.717, 1.165) is 43.4 Å². The van der Waals surface area contributed by atoms with E-state index in [9.17, 15) is 5.11 Å². The molecule has 0 amide bonds. The normalized spacial score (nSPS) is 17.3. The predicted molar refractivity (Wildman–Crippen MR) is 137 cm³/mol. The highest BCUT2D eigenvalue weighted by atomic mass is 35.5. The van der Waals surface area contributed by atoms with Crippen LogP contribution < -0.4 is 14.7 Å². The zero-order valence-electron chi connectivity index (χ0n) is 20.4. The van der Waals surface area contributed by atoms with Gasteiger partial charge in [0.1, 0.15) is 11.5 Å². The number of likely N-dealkylation sites (N-methyl/N-ethyl adjacent to an activating group) is 1. The highest BCUT2D eigenvalue weighted by Crippen LogP contribution is 2.41. The van der Waals surface area contributed by atoms with Gasteiger partial charge in [-0.3, -0.25) is 0 Å². The van der Waals surface area contributed by atoms with Crippen LogP contribution in [0.5, 0.6) is 5.75 Å². The smallest absolute Gasteiger partial charge is 0.188 e. The lowest BCUT2D eigenvalue weighted by Gasteiger charge is -2.46. The summed E-state index contributed by atoms with van der Waals surface area (Å²) in [6.07, 6.45) is 8.40. The summed E-state index contributed by atoms with van der Waals surface area (Å²) in [5.41, 5.74) is -0.720. The second-order valence-corrected chi connectivity index (χ2v) is 10.6. The summed E-state index contributed by atoms with van der Waals surface area (Å²) in [5.74, 6) is 1.72. The maximum Gasteiger partial charge on any atom is 0.188 e. The van der Waals surface area contributed by atoms with Crippen LogP contribution in [0.3, 0.4) is 0 Å². The first-order valence-corrected chi connectivity index (χ1v) is 13.2. The molecule has 1 heterocycles. The van der Waals surface area contributed by atoms with Gasteiger partial charge in [-0.15, -0.1) is 0 Å². The van der Waals surface area contributed by atoms with Crippen molar-refractivity contribution in [2.75, 3.05) is 20.7 Å². The minimum atomic E-state index is -1.46. The number of rotatable bonds is 10. The minimum Gasteiger partial charge on any atom is -0.839 e. The van der Waals surface area contributed by atoms with Crippen molar-refractivity contribution >= 4 is 23.2 Å². The van der Waals surface area contributed by atoms with Crippen LogP contribution in [-0.4, -0.2) is 31.7 Å². The molecule has 188 valence electrons. The molecule has 1 aromatic heterocycles. The van der Waals surface area contributed by atoms with E-state index in [4.69, 9.17) is 32.4 Å². The van der Waals surface area contributed by atoms with Gasteiger partial charge in [0.2, 0.25) is 0 Å². The van der Waals surface area contributed by atoms with Crippen LogP contribution in [0.25, 0.3) is 0 Å². The van der Waals surface area contributed by atoms with E-state index in [0.29, 0.717) is 34.7 Å². The zero-order chi connectivity index (χ0) is 24.8. The summed E-state index contributed by atoms with van der Waals surface area (Å²) >= 11 is 12.1. The molecule has 1 fully saturated rings. The molecule has 1 saturated carbocycles. The maximum absolute atomic E-state index is 14.5. The van der Waals surface area contributed by atoms with Crippen LogP contribution in [0.15, 0.2) is 59.1 Å². The summed E-state index contributed by atoms with van der Waals surface area (Å²) in [5, 5.41) is 15.5. The number of hydrogen-bond donors (Lipinski definition) is 1. The van der Waals surface area contributed by atoms with Gasteiger partial charge in [-0.1, -0.05) is 85.6 Å². The molecule has 1 aliphatic rings. The molecule has 0 bridgehead atoms. The van der Waals surface area contributed by atoms with Crippen LogP contribution >= 0.6 is 23.2 Å². The average molecular weight is 517 g/mol. The number of ether oxygens (including phenoxy) is 1. The molecule has 1 unspecified atom stereocenters. The number of halogens is 2. The Morgan fingerprint density at radius 2 is 1.83 bits per heavy atom. The second-order valence-electron chi connectivity index (χ2n) is 9.76. The fraction of sp³-hybridized carbons (Fsp3) is 0.464. The van der Waals surface area contributed by atoms with E-state index in [1.807, 2.05) is 36.4 Å². The number of oxazole rings is 1. The lowest BCUT2D eigenvalue weighted by molar-refractivity contribution is -0.886. The monoisotopic (exact) mass is 516 g/mol. The molecule has 35 heavy (non-hydrogen) atoms. The minimum absolute atomic E-state index is 0.0139. The zero-order valence-corrected chi connectivity index (χ0v) is 21.9. The Bertz CT molecular complexity index is 1080. The van der Waals surface area contributed by atoms with Crippen LogP contribution in [0.1, 0.15) is 55.7 Å². The Balaban J connectivity index is 1.47. The SMILES string of the molecule is C[NH+](C)C(CCOc1ccc(Cl)c(Cl)c1)Cc1cnc([C@]([O-])(c2ccccc2)C2CCCCC2)o1. The van der Waals surface area contributed by atoms with Crippen molar-refractivity contribution in [1.82, 2.24) is 4.98 Å². The van der Waals surface area contributed by atoms with E-state index in [-0.39, 0.29) is 12.0 Å². The van der Waals surface area contributed by atoms with Gasteiger partial charge in [-0.2, -0.15) is 0 Å². The number of nitrogens with one attached hydrogen (secondary N) is 1. The Labute approximate surface area is 218 Å². The molecule has 0 spiro atoms. The second kappa shape index (κ2) is 11.8. The van der Waals surface area contributed by atoms with Crippen LogP contribution in [0, 0.1) is 5.92 Å². The molecular formula is C28H34Cl2N2O3. The number of quaternary nitrogens is 1. The third kappa shape index (κ3) is 6.21. The number of hydrogen-bond acceptors (Lipinski definition) is 4. The van der Waals surface area contributed by atoms with Gasteiger partial charge in [0, 0.05) is 12.5 Å². The molecule has 3 aromatic rings. The number of nitrogens with zero attached hydrogens (tertiary/aromatic N) is 1. The van der Waals surface area contributed by atoms with Crippen molar-refractivity contribution in [3.05, 3.63) is 82.0 Å². The summed E-state index contributed by atoms with van der Waals surface area (Å²) in [6.45, 7) is 0.534. The fourth-order valence-electron chi connectivity index (χ4n) is 5.03. The molecule has 2 atom stereocenters.